The van der Waals surface area contributed by atoms with E-state index in [2.05, 4.69) is 6.92 Å². The first-order chi connectivity index (χ1) is 8.77. The molecule has 0 saturated heterocycles. The fourth-order valence-corrected chi connectivity index (χ4v) is 1.24. The van der Waals surface area contributed by atoms with Crippen molar-refractivity contribution < 1.29 is 23.7 Å². The van der Waals surface area contributed by atoms with Crippen molar-refractivity contribution in [1.82, 2.24) is 0 Å². The van der Waals surface area contributed by atoms with Crippen molar-refractivity contribution in [1.29, 1.82) is 0 Å². The molecule has 0 fully saturated rings. The number of hydrogen-bond donors (Lipinski definition) is 0. The Hall–Kier alpha value is -0.650. The molecule has 0 aromatic rings. The molecule has 0 amide bonds. The summed E-state index contributed by atoms with van der Waals surface area (Å²) >= 11 is 0. The Labute approximate surface area is 110 Å². The molecule has 0 spiro atoms. The van der Waals surface area contributed by atoms with E-state index in [0.29, 0.717) is 39.6 Å². The van der Waals surface area contributed by atoms with Gasteiger partial charge in [-0.05, 0) is 6.42 Å². The number of hydrogen-bond acceptors (Lipinski definition) is 5. The predicted octanol–water partition coefficient (Wildman–Crippen LogP) is 1.79. The minimum Gasteiger partial charge on any atom is -0.463 e. The minimum absolute atomic E-state index is 0.282. The van der Waals surface area contributed by atoms with Gasteiger partial charge in [0.2, 0.25) is 0 Å². The molecule has 0 aromatic heterocycles. The van der Waals surface area contributed by atoms with Gasteiger partial charge in [0, 0.05) is 13.5 Å². The molecule has 108 valence electrons. The zero-order valence-corrected chi connectivity index (χ0v) is 11.6. The average molecular weight is 262 g/mol. The van der Waals surface area contributed by atoms with Crippen LogP contribution in [0, 0.1) is 0 Å². The smallest absolute Gasteiger partial charge is 0.302 e. The zero-order valence-electron chi connectivity index (χ0n) is 11.6. The van der Waals surface area contributed by atoms with E-state index in [9.17, 15) is 4.79 Å². The summed E-state index contributed by atoms with van der Waals surface area (Å²) in [4.78, 5) is 10.4. The van der Waals surface area contributed by atoms with Gasteiger partial charge in [0.1, 0.15) is 6.61 Å². The maximum Gasteiger partial charge on any atom is 0.302 e. The van der Waals surface area contributed by atoms with Crippen molar-refractivity contribution in [3.8, 4) is 0 Å². The molecule has 0 rings (SSSR count). The topological polar surface area (TPSA) is 54.0 Å². The molecule has 5 heteroatoms. The van der Waals surface area contributed by atoms with Crippen LogP contribution in [0.3, 0.4) is 0 Å². The molecule has 18 heavy (non-hydrogen) atoms. The molecule has 0 radical (unpaired) electrons. The summed E-state index contributed by atoms with van der Waals surface area (Å²) in [6.45, 7) is 7.36. The second-order valence-corrected chi connectivity index (χ2v) is 3.88. The lowest BCUT2D eigenvalue weighted by molar-refractivity contribution is -0.142. The first-order valence-electron chi connectivity index (χ1n) is 6.64. The molecule has 0 unspecified atom stereocenters. The van der Waals surface area contributed by atoms with Crippen LogP contribution in [-0.2, 0) is 23.7 Å². The Kier molecular flexibility index (Phi) is 13.9. The largest absolute Gasteiger partial charge is 0.463 e. The van der Waals surface area contributed by atoms with Crippen LogP contribution in [0.1, 0.15) is 33.1 Å². The molecule has 0 aromatic carbocycles. The highest BCUT2D eigenvalue weighted by atomic mass is 16.6. The Morgan fingerprint density at radius 1 is 0.778 bits per heavy atom. The van der Waals surface area contributed by atoms with Crippen LogP contribution in [-0.4, -0.2) is 52.2 Å². The van der Waals surface area contributed by atoms with Crippen LogP contribution in [0.15, 0.2) is 0 Å². The van der Waals surface area contributed by atoms with Gasteiger partial charge in [-0.2, -0.15) is 0 Å². The fraction of sp³-hybridized carbons (Fsp3) is 0.923. The summed E-state index contributed by atoms with van der Waals surface area (Å²) in [6.07, 6.45) is 3.55. The van der Waals surface area contributed by atoms with Crippen molar-refractivity contribution in [2.45, 2.75) is 33.1 Å². The summed E-state index contributed by atoms with van der Waals surface area (Å²) in [7, 11) is 0. The van der Waals surface area contributed by atoms with Gasteiger partial charge in [-0.25, -0.2) is 0 Å². The number of carbonyl (C=O) groups is 1. The third kappa shape index (κ3) is 15.4. The summed E-state index contributed by atoms with van der Waals surface area (Å²) in [5, 5.41) is 0. The maximum absolute atomic E-state index is 10.4. The maximum atomic E-state index is 10.4. The quantitative estimate of drug-likeness (QED) is 0.374. The number of unbranched alkanes of at least 4 members (excludes halogenated alkanes) is 2. The van der Waals surface area contributed by atoms with E-state index in [4.69, 9.17) is 18.9 Å². The van der Waals surface area contributed by atoms with E-state index in [0.717, 1.165) is 13.0 Å². The van der Waals surface area contributed by atoms with E-state index >= 15 is 0 Å². The molecule has 0 aliphatic carbocycles. The predicted molar refractivity (Wildman–Crippen MR) is 68.6 cm³/mol. The van der Waals surface area contributed by atoms with Crippen LogP contribution in [0.2, 0.25) is 0 Å². The number of ether oxygens (including phenoxy) is 4. The third-order valence-electron chi connectivity index (χ3n) is 2.17. The molecule has 0 N–H and O–H groups in total. The van der Waals surface area contributed by atoms with Crippen molar-refractivity contribution in [2.24, 2.45) is 0 Å². The van der Waals surface area contributed by atoms with Gasteiger partial charge in [-0.1, -0.05) is 19.8 Å². The minimum atomic E-state index is -0.282. The van der Waals surface area contributed by atoms with Gasteiger partial charge in [0.15, 0.2) is 0 Å². The van der Waals surface area contributed by atoms with Crippen molar-refractivity contribution in [2.75, 3.05) is 46.2 Å². The van der Waals surface area contributed by atoms with E-state index in [-0.39, 0.29) is 5.97 Å². The molecule has 0 bridgehead atoms. The average Bonchev–Trinajstić information content (AvgIpc) is 2.34. The third-order valence-corrected chi connectivity index (χ3v) is 2.17. The Bertz CT molecular complexity index is 184. The van der Waals surface area contributed by atoms with Crippen LogP contribution >= 0.6 is 0 Å². The molecule has 0 aliphatic heterocycles. The highest BCUT2D eigenvalue weighted by Crippen LogP contribution is 1.93. The Morgan fingerprint density at radius 2 is 1.28 bits per heavy atom. The number of esters is 1. The molecule has 0 atom stereocenters. The second-order valence-electron chi connectivity index (χ2n) is 3.88. The standard InChI is InChI=1S/C13H26O5/c1-3-4-5-6-15-7-8-16-9-10-17-11-12-18-13(2)14/h3-12H2,1-2H3. The molecular formula is C13H26O5. The lowest BCUT2D eigenvalue weighted by atomic mass is 10.3. The van der Waals surface area contributed by atoms with Crippen molar-refractivity contribution in [3.63, 3.8) is 0 Å². The van der Waals surface area contributed by atoms with Gasteiger partial charge in [-0.15, -0.1) is 0 Å². The van der Waals surface area contributed by atoms with Crippen LogP contribution < -0.4 is 0 Å². The lowest BCUT2D eigenvalue weighted by Gasteiger charge is -2.06. The van der Waals surface area contributed by atoms with Gasteiger partial charge >= 0.3 is 5.97 Å². The first-order valence-corrected chi connectivity index (χ1v) is 6.64. The van der Waals surface area contributed by atoms with Crippen LogP contribution in [0.25, 0.3) is 0 Å². The molecular weight excluding hydrogens is 236 g/mol. The second kappa shape index (κ2) is 14.4. The van der Waals surface area contributed by atoms with Gasteiger partial charge in [0.05, 0.1) is 33.0 Å². The zero-order chi connectivity index (χ0) is 13.5. The highest BCUT2D eigenvalue weighted by Gasteiger charge is 1.94. The van der Waals surface area contributed by atoms with Gasteiger partial charge in [-0.3, -0.25) is 4.79 Å². The summed E-state index contributed by atoms with van der Waals surface area (Å²) in [5.41, 5.74) is 0. The monoisotopic (exact) mass is 262 g/mol. The Morgan fingerprint density at radius 3 is 1.78 bits per heavy atom. The van der Waals surface area contributed by atoms with Crippen molar-refractivity contribution >= 4 is 5.97 Å². The van der Waals surface area contributed by atoms with Crippen LogP contribution in [0.5, 0.6) is 0 Å². The molecule has 0 aliphatic rings. The Balaban J connectivity index is 2.92. The summed E-state index contributed by atoms with van der Waals surface area (Å²) in [6, 6.07) is 0. The van der Waals surface area contributed by atoms with Crippen LogP contribution in [0.4, 0.5) is 0 Å². The van der Waals surface area contributed by atoms with Crippen molar-refractivity contribution in [3.05, 3.63) is 0 Å². The SMILES string of the molecule is CCCCCOCCOCCOCCOC(C)=O. The lowest BCUT2D eigenvalue weighted by Crippen LogP contribution is -2.13. The van der Waals surface area contributed by atoms with Gasteiger partial charge in [0.25, 0.3) is 0 Å². The number of carbonyl (C=O) groups excluding carboxylic acids is 1. The van der Waals surface area contributed by atoms with E-state index < -0.39 is 0 Å². The molecule has 0 saturated carbocycles. The van der Waals surface area contributed by atoms with E-state index in [1.54, 1.807) is 0 Å². The number of rotatable bonds is 13. The first kappa shape index (κ1) is 17.4. The van der Waals surface area contributed by atoms with E-state index in [1.807, 2.05) is 0 Å². The summed E-state index contributed by atoms with van der Waals surface area (Å²) < 4.78 is 20.6. The normalized spacial score (nSPS) is 10.6. The highest BCUT2D eigenvalue weighted by molar-refractivity contribution is 5.65. The van der Waals surface area contributed by atoms with E-state index in [1.165, 1.54) is 19.8 Å². The molecule has 5 nitrogen and oxygen atoms in total. The molecule has 0 heterocycles. The van der Waals surface area contributed by atoms with Gasteiger partial charge < -0.3 is 18.9 Å². The fourth-order valence-electron chi connectivity index (χ4n) is 1.24. The summed E-state index contributed by atoms with van der Waals surface area (Å²) in [5.74, 6) is -0.282.